The van der Waals surface area contributed by atoms with E-state index in [2.05, 4.69) is 4.18 Å². The van der Waals surface area contributed by atoms with Crippen molar-refractivity contribution in [3.63, 3.8) is 0 Å². The molecule has 0 fully saturated rings. The van der Waals surface area contributed by atoms with E-state index in [-0.39, 0.29) is 11.5 Å². The Morgan fingerprint density at radius 1 is 1.33 bits per heavy atom. The van der Waals surface area contributed by atoms with Crippen LogP contribution in [0.5, 0.6) is 11.5 Å². The van der Waals surface area contributed by atoms with Crippen LogP contribution < -0.4 is 8.92 Å². The zero-order valence-corrected chi connectivity index (χ0v) is 9.08. The van der Waals surface area contributed by atoms with E-state index in [0.29, 0.717) is 11.8 Å². The molecule has 0 aliphatic rings. The molecule has 82 valence electrons. The molecule has 0 aliphatic heterocycles. The van der Waals surface area contributed by atoms with Gasteiger partial charge in [0.15, 0.2) is 6.29 Å². The predicted octanol–water partition coefficient (Wildman–Crippen LogP) is 0.846. The zero-order valence-electron chi connectivity index (χ0n) is 8.26. The number of carbonyl (C=O) groups excluding carboxylic acids is 1. The van der Waals surface area contributed by atoms with Gasteiger partial charge in [-0.2, -0.15) is 8.42 Å². The van der Waals surface area contributed by atoms with Crippen LogP contribution in [0.15, 0.2) is 18.2 Å². The number of carbonyl (C=O) groups is 1. The van der Waals surface area contributed by atoms with E-state index >= 15 is 0 Å². The van der Waals surface area contributed by atoms with Crippen molar-refractivity contribution in [3.8, 4) is 11.5 Å². The Kier molecular flexibility index (Phi) is 3.31. The Hall–Kier alpha value is -1.56. The van der Waals surface area contributed by atoms with Crippen molar-refractivity contribution < 1.29 is 22.1 Å². The highest BCUT2D eigenvalue weighted by molar-refractivity contribution is 7.86. The van der Waals surface area contributed by atoms with Gasteiger partial charge in [-0.05, 0) is 12.1 Å². The van der Waals surface area contributed by atoms with E-state index in [9.17, 15) is 13.2 Å². The fourth-order valence-electron chi connectivity index (χ4n) is 1.02. The number of rotatable bonds is 4. The molecule has 0 spiro atoms. The fraction of sp³-hybridized carbons (Fsp3) is 0.222. The van der Waals surface area contributed by atoms with Crippen LogP contribution in [0.2, 0.25) is 0 Å². The van der Waals surface area contributed by atoms with Gasteiger partial charge < -0.3 is 8.92 Å². The van der Waals surface area contributed by atoms with E-state index in [0.717, 1.165) is 6.26 Å². The van der Waals surface area contributed by atoms with Gasteiger partial charge in [-0.1, -0.05) is 0 Å². The third-order valence-corrected chi connectivity index (χ3v) is 2.07. The second-order valence-electron chi connectivity index (χ2n) is 2.81. The van der Waals surface area contributed by atoms with Crippen molar-refractivity contribution in [2.24, 2.45) is 0 Å². The second-order valence-corrected chi connectivity index (χ2v) is 4.38. The van der Waals surface area contributed by atoms with Crippen molar-refractivity contribution in [1.29, 1.82) is 0 Å². The van der Waals surface area contributed by atoms with Crippen LogP contribution in [0.4, 0.5) is 0 Å². The van der Waals surface area contributed by atoms with Gasteiger partial charge in [0.05, 0.1) is 18.9 Å². The SMILES string of the molecule is COc1cc(OS(C)(=O)=O)ccc1C=O. The molecule has 0 aromatic heterocycles. The van der Waals surface area contributed by atoms with E-state index in [1.54, 1.807) is 0 Å². The van der Waals surface area contributed by atoms with Crippen molar-refractivity contribution in [2.45, 2.75) is 0 Å². The molecule has 0 aliphatic carbocycles. The Morgan fingerprint density at radius 2 is 2.00 bits per heavy atom. The Bertz CT molecular complexity index is 463. The summed E-state index contributed by atoms with van der Waals surface area (Å²) < 4.78 is 31.1. The van der Waals surface area contributed by atoms with Crippen molar-refractivity contribution >= 4 is 16.4 Å². The molecule has 0 atom stereocenters. The highest BCUT2D eigenvalue weighted by Crippen LogP contribution is 2.24. The van der Waals surface area contributed by atoms with Crippen LogP contribution in [0.1, 0.15) is 10.4 Å². The van der Waals surface area contributed by atoms with E-state index in [1.807, 2.05) is 0 Å². The third kappa shape index (κ3) is 3.25. The lowest BCUT2D eigenvalue weighted by molar-refractivity contribution is 0.112. The first-order chi connectivity index (χ1) is 6.96. The fourth-order valence-corrected chi connectivity index (χ4v) is 1.47. The molecule has 0 radical (unpaired) electrons. The minimum Gasteiger partial charge on any atom is -0.496 e. The summed E-state index contributed by atoms with van der Waals surface area (Å²) >= 11 is 0. The molecule has 0 amide bonds. The maximum Gasteiger partial charge on any atom is 0.306 e. The first kappa shape index (κ1) is 11.5. The van der Waals surface area contributed by atoms with Crippen LogP contribution in [0, 0.1) is 0 Å². The summed E-state index contributed by atoms with van der Waals surface area (Å²) in [6.07, 6.45) is 1.55. The van der Waals surface area contributed by atoms with E-state index in [4.69, 9.17) is 4.74 Å². The Balaban J connectivity index is 3.08. The van der Waals surface area contributed by atoms with Gasteiger partial charge in [0, 0.05) is 6.07 Å². The normalized spacial score (nSPS) is 10.8. The summed E-state index contributed by atoms with van der Waals surface area (Å²) in [5, 5.41) is 0. The summed E-state index contributed by atoms with van der Waals surface area (Å²) in [5.74, 6) is 0.381. The van der Waals surface area contributed by atoms with Crippen LogP contribution in [0.3, 0.4) is 0 Å². The maximum absolute atomic E-state index is 10.8. The summed E-state index contributed by atoms with van der Waals surface area (Å²) in [6, 6.07) is 4.14. The van der Waals surface area contributed by atoms with Gasteiger partial charge in [-0.25, -0.2) is 0 Å². The smallest absolute Gasteiger partial charge is 0.306 e. The van der Waals surface area contributed by atoms with Crippen LogP contribution in [-0.2, 0) is 10.1 Å². The monoisotopic (exact) mass is 230 g/mol. The lowest BCUT2D eigenvalue weighted by Gasteiger charge is -2.06. The van der Waals surface area contributed by atoms with Gasteiger partial charge in [0.25, 0.3) is 0 Å². The second kappa shape index (κ2) is 4.31. The minimum atomic E-state index is -3.57. The molecule has 0 heterocycles. The molecular weight excluding hydrogens is 220 g/mol. The van der Waals surface area contributed by atoms with Crippen LogP contribution in [0.25, 0.3) is 0 Å². The van der Waals surface area contributed by atoms with Crippen molar-refractivity contribution in [3.05, 3.63) is 23.8 Å². The molecule has 6 heteroatoms. The van der Waals surface area contributed by atoms with E-state index in [1.165, 1.54) is 25.3 Å². The minimum absolute atomic E-state index is 0.111. The highest BCUT2D eigenvalue weighted by Gasteiger charge is 2.08. The summed E-state index contributed by atoms with van der Waals surface area (Å²) in [4.78, 5) is 10.5. The summed E-state index contributed by atoms with van der Waals surface area (Å²) in [6.45, 7) is 0. The average Bonchev–Trinajstić information content (AvgIpc) is 2.15. The molecule has 1 aromatic carbocycles. The lowest BCUT2D eigenvalue weighted by Crippen LogP contribution is -2.06. The number of benzene rings is 1. The summed E-state index contributed by atoms with van der Waals surface area (Å²) in [5.41, 5.74) is 0.332. The molecule has 1 aromatic rings. The number of hydrogen-bond acceptors (Lipinski definition) is 5. The lowest BCUT2D eigenvalue weighted by atomic mass is 10.2. The molecule has 0 saturated heterocycles. The average molecular weight is 230 g/mol. The largest absolute Gasteiger partial charge is 0.496 e. The molecule has 0 unspecified atom stereocenters. The van der Waals surface area contributed by atoms with Crippen molar-refractivity contribution in [2.75, 3.05) is 13.4 Å². The third-order valence-electron chi connectivity index (χ3n) is 1.58. The quantitative estimate of drug-likeness (QED) is 0.566. The topological polar surface area (TPSA) is 69.7 Å². The maximum atomic E-state index is 10.8. The Morgan fingerprint density at radius 3 is 2.47 bits per heavy atom. The molecule has 15 heavy (non-hydrogen) atoms. The van der Waals surface area contributed by atoms with E-state index < -0.39 is 10.1 Å². The predicted molar refractivity (Wildman–Crippen MR) is 53.9 cm³/mol. The molecule has 0 N–H and O–H groups in total. The number of methoxy groups -OCH3 is 1. The molecule has 5 nitrogen and oxygen atoms in total. The molecule has 1 rings (SSSR count). The van der Waals surface area contributed by atoms with Crippen LogP contribution >= 0.6 is 0 Å². The number of ether oxygens (including phenoxy) is 1. The standard InChI is InChI=1S/C9H10O5S/c1-13-9-5-8(14-15(2,11)12)4-3-7(9)6-10/h3-6H,1-2H3. The number of hydrogen-bond donors (Lipinski definition) is 0. The van der Waals surface area contributed by atoms with Gasteiger partial charge in [-0.3, -0.25) is 4.79 Å². The van der Waals surface area contributed by atoms with Gasteiger partial charge in [-0.15, -0.1) is 0 Å². The highest BCUT2D eigenvalue weighted by atomic mass is 32.2. The number of aldehydes is 1. The molecular formula is C9H10O5S. The van der Waals surface area contributed by atoms with Crippen molar-refractivity contribution in [1.82, 2.24) is 0 Å². The van der Waals surface area contributed by atoms with Gasteiger partial charge in [0.2, 0.25) is 0 Å². The van der Waals surface area contributed by atoms with Crippen LogP contribution in [-0.4, -0.2) is 28.1 Å². The first-order valence-electron chi connectivity index (χ1n) is 3.99. The molecule has 0 bridgehead atoms. The van der Waals surface area contributed by atoms with Gasteiger partial charge in [0.1, 0.15) is 11.5 Å². The summed E-state index contributed by atoms with van der Waals surface area (Å²) in [7, 11) is -2.18. The Labute approximate surface area is 87.7 Å². The first-order valence-corrected chi connectivity index (χ1v) is 5.80. The van der Waals surface area contributed by atoms with Gasteiger partial charge >= 0.3 is 10.1 Å². The molecule has 0 saturated carbocycles. The zero-order chi connectivity index (χ0) is 11.5.